The van der Waals surface area contributed by atoms with Crippen molar-refractivity contribution in [3.8, 4) is 0 Å². The number of anilines is 2. The molecule has 3 aromatic heterocycles. The van der Waals surface area contributed by atoms with E-state index in [0.29, 0.717) is 11.7 Å². The van der Waals surface area contributed by atoms with Crippen LogP contribution < -0.4 is 5.32 Å². The molecule has 1 amide bonds. The fraction of sp³-hybridized carbons (Fsp3) is 0.208. The quantitative estimate of drug-likeness (QED) is 0.427. The molecule has 0 saturated carbocycles. The molecule has 1 saturated heterocycles. The normalized spacial score (nSPS) is 15.0. The molecule has 1 aromatic carbocycles. The number of rotatable bonds is 5. The van der Waals surface area contributed by atoms with Gasteiger partial charge in [-0.1, -0.05) is 24.3 Å². The van der Waals surface area contributed by atoms with E-state index in [-0.39, 0.29) is 5.91 Å². The molecule has 7 heteroatoms. The number of furan rings is 1. The summed E-state index contributed by atoms with van der Waals surface area (Å²) in [5.74, 6) is 1.86. The SMILES string of the molecule is O=C(/C=C/c1ccco1)N1CCC(c2cc3ccccc3c(Nc3nccs3)n2)CC1. The Morgan fingerprint density at radius 3 is 2.84 bits per heavy atom. The number of carbonyl (C=O) groups is 1. The molecule has 6 nitrogen and oxygen atoms in total. The van der Waals surface area contributed by atoms with E-state index >= 15 is 0 Å². The van der Waals surface area contributed by atoms with Crippen LogP contribution in [0.2, 0.25) is 0 Å². The van der Waals surface area contributed by atoms with E-state index in [1.54, 1.807) is 35.9 Å². The Labute approximate surface area is 184 Å². The second-order valence-electron chi connectivity index (χ2n) is 7.53. The van der Waals surface area contributed by atoms with Gasteiger partial charge in [0.1, 0.15) is 11.6 Å². The summed E-state index contributed by atoms with van der Waals surface area (Å²) in [6.07, 6.45) is 8.47. The number of piperidine rings is 1. The molecule has 156 valence electrons. The van der Waals surface area contributed by atoms with Crippen LogP contribution in [-0.4, -0.2) is 33.9 Å². The van der Waals surface area contributed by atoms with Gasteiger partial charge in [0.2, 0.25) is 5.91 Å². The Morgan fingerprint density at radius 2 is 2.06 bits per heavy atom. The first-order chi connectivity index (χ1) is 15.3. The van der Waals surface area contributed by atoms with Crippen LogP contribution in [0.5, 0.6) is 0 Å². The zero-order valence-corrected chi connectivity index (χ0v) is 17.7. The molecule has 1 fully saturated rings. The topological polar surface area (TPSA) is 71.3 Å². The highest BCUT2D eigenvalue weighted by atomic mass is 32.1. The number of hydrogen-bond donors (Lipinski definition) is 1. The van der Waals surface area contributed by atoms with Crippen molar-refractivity contribution in [2.45, 2.75) is 18.8 Å². The highest BCUT2D eigenvalue weighted by Gasteiger charge is 2.24. The van der Waals surface area contributed by atoms with Crippen LogP contribution in [0, 0.1) is 0 Å². The lowest BCUT2D eigenvalue weighted by Gasteiger charge is -2.31. The number of thiazole rings is 1. The van der Waals surface area contributed by atoms with Crippen molar-refractivity contribution < 1.29 is 9.21 Å². The first-order valence-corrected chi connectivity index (χ1v) is 11.2. The van der Waals surface area contributed by atoms with E-state index in [0.717, 1.165) is 53.3 Å². The van der Waals surface area contributed by atoms with Crippen LogP contribution in [0.4, 0.5) is 10.9 Å². The highest BCUT2D eigenvalue weighted by Crippen LogP contribution is 2.33. The van der Waals surface area contributed by atoms with Gasteiger partial charge < -0.3 is 14.6 Å². The number of pyridine rings is 1. The molecule has 0 atom stereocenters. The standard InChI is InChI=1S/C24H22N4O2S/c29-22(8-7-19-5-3-14-30-19)28-12-9-17(10-13-28)21-16-18-4-1-2-6-20(18)23(26-21)27-24-25-11-15-31-24/h1-8,11,14-17H,9-10,12-13H2,(H,25,26,27)/b8-7+. The summed E-state index contributed by atoms with van der Waals surface area (Å²) in [7, 11) is 0. The molecule has 4 aromatic rings. The Hall–Kier alpha value is -3.45. The predicted octanol–water partition coefficient (Wildman–Crippen LogP) is 5.45. The first-order valence-electron chi connectivity index (χ1n) is 10.3. The van der Waals surface area contributed by atoms with Gasteiger partial charge in [-0.25, -0.2) is 9.97 Å². The maximum absolute atomic E-state index is 12.5. The third-order valence-corrected chi connectivity index (χ3v) is 6.26. The number of amides is 1. The number of hydrogen-bond acceptors (Lipinski definition) is 6. The summed E-state index contributed by atoms with van der Waals surface area (Å²) in [5.41, 5.74) is 1.07. The molecule has 5 rings (SSSR count). The zero-order chi connectivity index (χ0) is 21.0. The van der Waals surface area contributed by atoms with E-state index in [4.69, 9.17) is 9.40 Å². The Balaban J connectivity index is 1.32. The number of fused-ring (bicyclic) bond motifs is 1. The monoisotopic (exact) mass is 430 g/mol. The molecular formula is C24H22N4O2S. The smallest absolute Gasteiger partial charge is 0.246 e. The van der Waals surface area contributed by atoms with Crippen molar-refractivity contribution in [3.05, 3.63) is 77.8 Å². The van der Waals surface area contributed by atoms with Gasteiger partial charge >= 0.3 is 0 Å². The van der Waals surface area contributed by atoms with Crippen LogP contribution in [0.25, 0.3) is 16.8 Å². The molecule has 0 aliphatic carbocycles. The molecule has 1 N–H and O–H groups in total. The maximum Gasteiger partial charge on any atom is 0.246 e. The molecule has 0 radical (unpaired) electrons. The fourth-order valence-corrected chi connectivity index (χ4v) is 4.48. The van der Waals surface area contributed by atoms with Gasteiger partial charge in [-0.05, 0) is 42.5 Å². The Bertz CT molecular complexity index is 1190. The molecule has 0 bridgehead atoms. The van der Waals surface area contributed by atoms with Crippen LogP contribution in [0.3, 0.4) is 0 Å². The summed E-state index contributed by atoms with van der Waals surface area (Å²) >= 11 is 1.56. The second-order valence-corrected chi connectivity index (χ2v) is 8.42. The molecular weight excluding hydrogens is 408 g/mol. The van der Waals surface area contributed by atoms with Gasteiger partial charge in [-0.3, -0.25) is 4.79 Å². The fourth-order valence-electron chi connectivity index (χ4n) is 3.95. The number of likely N-dealkylation sites (tertiary alicyclic amines) is 1. The summed E-state index contributed by atoms with van der Waals surface area (Å²) in [6, 6.07) is 14.1. The number of aromatic nitrogens is 2. The van der Waals surface area contributed by atoms with Crippen molar-refractivity contribution in [3.63, 3.8) is 0 Å². The highest BCUT2D eigenvalue weighted by molar-refractivity contribution is 7.13. The third kappa shape index (κ3) is 4.36. The van der Waals surface area contributed by atoms with Gasteiger partial charge in [0, 0.05) is 47.7 Å². The van der Waals surface area contributed by atoms with Crippen molar-refractivity contribution >= 4 is 45.0 Å². The van der Waals surface area contributed by atoms with E-state index in [1.807, 2.05) is 34.5 Å². The number of benzene rings is 1. The van der Waals surface area contributed by atoms with E-state index < -0.39 is 0 Å². The van der Waals surface area contributed by atoms with E-state index in [1.165, 1.54) is 0 Å². The minimum absolute atomic E-state index is 0.0208. The van der Waals surface area contributed by atoms with E-state index in [9.17, 15) is 4.79 Å². The largest absolute Gasteiger partial charge is 0.465 e. The average Bonchev–Trinajstić information content (AvgIpc) is 3.52. The van der Waals surface area contributed by atoms with Crippen LogP contribution in [-0.2, 0) is 4.79 Å². The van der Waals surface area contributed by atoms with Crippen LogP contribution in [0.1, 0.15) is 30.2 Å². The zero-order valence-electron chi connectivity index (χ0n) is 16.9. The molecule has 0 spiro atoms. The molecule has 31 heavy (non-hydrogen) atoms. The van der Waals surface area contributed by atoms with Crippen molar-refractivity contribution in [1.82, 2.24) is 14.9 Å². The maximum atomic E-state index is 12.5. The molecule has 1 aliphatic heterocycles. The lowest BCUT2D eigenvalue weighted by atomic mass is 9.92. The lowest BCUT2D eigenvalue weighted by molar-refractivity contribution is -0.127. The summed E-state index contributed by atoms with van der Waals surface area (Å²) in [4.78, 5) is 23.7. The lowest BCUT2D eigenvalue weighted by Crippen LogP contribution is -2.37. The van der Waals surface area contributed by atoms with Crippen molar-refractivity contribution in [1.29, 1.82) is 0 Å². The predicted molar refractivity (Wildman–Crippen MR) is 123 cm³/mol. The Kier molecular flexibility index (Phi) is 5.50. The van der Waals surface area contributed by atoms with Crippen LogP contribution >= 0.6 is 11.3 Å². The molecule has 1 aliphatic rings. The number of nitrogens with zero attached hydrogens (tertiary/aromatic N) is 3. The van der Waals surface area contributed by atoms with Gasteiger partial charge in [0.05, 0.1) is 6.26 Å². The van der Waals surface area contributed by atoms with Gasteiger partial charge in [0.15, 0.2) is 5.13 Å². The van der Waals surface area contributed by atoms with Gasteiger partial charge in [-0.15, -0.1) is 11.3 Å². The number of carbonyl (C=O) groups excluding carboxylic acids is 1. The van der Waals surface area contributed by atoms with E-state index in [2.05, 4.69) is 28.5 Å². The summed E-state index contributed by atoms with van der Waals surface area (Å²) < 4.78 is 5.25. The van der Waals surface area contributed by atoms with Crippen LogP contribution in [0.15, 0.2) is 70.8 Å². The second kappa shape index (κ2) is 8.73. The minimum atomic E-state index is 0.0208. The molecule has 0 unspecified atom stereocenters. The first kappa shape index (κ1) is 19.5. The summed E-state index contributed by atoms with van der Waals surface area (Å²) in [5, 5.41) is 8.39. The van der Waals surface area contributed by atoms with Crippen molar-refractivity contribution in [2.24, 2.45) is 0 Å². The van der Waals surface area contributed by atoms with Gasteiger partial charge in [0.25, 0.3) is 0 Å². The Morgan fingerprint density at radius 1 is 1.19 bits per heavy atom. The van der Waals surface area contributed by atoms with Crippen molar-refractivity contribution in [2.75, 3.05) is 18.4 Å². The third-order valence-electron chi connectivity index (χ3n) is 5.58. The minimum Gasteiger partial charge on any atom is -0.465 e. The average molecular weight is 431 g/mol. The van der Waals surface area contributed by atoms with Gasteiger partial charge in [-0.2, -0.15) is 0 Å². The number of nitrogens with one attached hydrogen (secondary N) is 1. The summed E-state index contributed by atoms with van der Waals surface area (Å²) in [6.45, 7) is 1.44. The molecule has 4 heterocycles.